The molecule has 2 aromatic carbocycles. The Labute approximate surface area is 151 Å². The van der Waals surface area contributed by atoms with Crippen molar-refractivity contribution < 1.29 is 14.3 Å². The Hall–Kier alpha value is -2.53. The van der Waals surface area contributed by atoms with Gasteiger partial charge in [-0.25, -0.2) is 0 Å². The monoisotopic (exact) mass is 358 g/mol. The minimum Gasteiger partial charge on any atom is -0.496 e. The Morgan fingerprint density at radius 2 is 1.88 bits per heavy atom. The molecule has 0 heterocycles. The van der Waals surface area contributed by atoms with E-state index in [0.29, 0.717) is 35.8 Å². The number of rotatable bonds is 6. The Balaban J connectivity index is 1.64. The molecule has 1 fully saturated rings. The molecule has 0 aromatic heterocycles. The highest BCUT2D eigenvalue weighted by atomic mass is 35.5. The summed E-state index contributed by atoms with van der Waals surface area (Å²) in [5.41, 5.74) is 0.454. The van der Waals surface area contributed by atoms with E-state index < -0.39 is 5.41 Å². The second-order valence-electron chi connectivity index (χ2n) is 6.04. The molecule has 2 aromatic rings. The summed E-state index contributed by atoms with van der Waals surface area (Å²) >= 11 is 5.92. The minimum absolute atomic E-state index is 0.266. The number of methoxy groups -OCH3 is 1. The van der Waals surface area contributed by atoms with Crippen LogP contribution in [0.25, 0.3) is 0 Å². The van der Waals surface area contributed by atoms with Crippen molar-refractivity contribution in [3.8, 4) is 5.75 Å². The lowest BCUT2D eigenvalue weighted by atomic mass is 10.0. The summed E-state index contributed by atoms with van der Waals surface area (Å²) < 4.78 is 5.27. The van der Waals surface area contributed by atoms with E-state index in [4.69, 9.17) is 16.3 Å². The number of para-hydroxylation sites is 1. The maximum absolute atomic E-state index is 12.6. The van der Waals surface area contributed by atoms with E-state index in [1.54, 1.807) is 31.4 Å². The van der Waals surface area contributed by atoms with Crippen LogP contribution in [0.2, 0.25) is 5.02 Å². The quantitative estimate of drug-likeness (QED) is 0.778. The molecule has 5 nitrogen and oxygen atoms in total. The Morgan fingerprint density at radius 3 is 2.56 bits per heavy atom. The molecule has 0 unspecified atom stereocenters. The molecule has 1 aliphatic rings. The van der Waals surface area contributed by atoms with Gasteiger partial charge in [-0.15, -0.1) is 0 Å². The van der Waals surface area contributed by atoms with Crippen molar-refractivity contribution in [3.63, 3.8) is 0 Å². The molecular formula is C19H19ClN2O3. The third-order valence-corrected chi connectivity index (χ3v) is 4.57. The topological polar surface area (TPSA) is 67.4 Å². The number of carbonyl (C=O) groups excluding carboxylic acids is 2. The van der Waals surface area contributed by atoms with Crippen molar-refractivity contribution in [3.05, 3.63) is 59.1 Å². The largest absolute Gasteiger partial charge is 0.496 e. The first-order valence-corrected chi connectivity index (χ1v) is 8.40. The number of hydrogen-bond donors (Lipinski definition) is 2. The number of hydrogen-bond acceptors (Lipinski definition) is 3. The molecule has 3 rings (SSSR count). The maximum atomic E-state index is 12.6. The van der Waals surface area contributed by atoms with Gasteiger partial charge in [-0.05, 0) is 37.1 Å². The highest BCUT2D eigenvalue weighted by Gasteiger charge is 2.56. The fraction of sp³-hybridized carbons (Fsp3) is 0.263. The molecule has 1 saturated carbocycles. The van der Waals surface area contributed by atoms with E-state index in [1.807, 2.05) is 24.3 Å². The molecule has 1 aliphatic carbocycles. The van der Waals surface area contributed by atoms with Gasteiger partial charge in [0.05, 0.1) is 7.11 Å². The molecular weight excluding hydrogens is 340 g/mol. The average molecular weight is 359 g/mol. The Bertz CT molecular complexity index is 803. The van der Waals surface area contributed by atoms with Gasteiger partial charge in [0.1, 0.15) is 11.2 Å². The van der Waals surface area contributed by atoms with Crippen LogP contribution in [0.1, 0.15) is 18.4 Å². The van der Waals surface area contributed by atoms with Crippen LogP contribution in [0.3, 0.4) is 0 Å². The van der Waals surface area contributed by atoms with Crippen LogP contribution in [0.15, 0.2) is 48.5 Å². The second kappa shape index (κ2) is 7.15. The Morgan fingerprint density at radius 1 is 1.12 bits per heavy atom. The zero-order chi connectivity index (χ0) is 17.9. The maximum Gasteiger partial charge on any atom is 0.240 e. The van der Waals surface area contributed by atoms with Crippen molar-refractivity contribution in [2.24, 2.45) is 5.41 Å². The molecule has 0 spiro atoms. The van der Waals surface area contributed by atoms with Crippen LogP contribution in [-0.2, 0) is 16.1 Å². The van der Waals surface area contributed by atoms with Crippen LogP contribution in [-0.4, -0.2) is 18.9 Å². The summed E-state index contributed by atoms with van der Waals surface area (Å²) in [6, 6.07) is 14.3. The summed E-state index contributed by atoms with van der Waals surface area (Å²) in [5.74, 6) is 0.140. The number of benzene rings is 2. The number of carbonyl (C=O) groups is 2. The second-order valence-corrected chi connectivity index (χ2v) is 6.48. The molecule has 0 saturated heterocycles. The third-order valence-electron chi connectivity index (χ3n) is 4.33. The van der Waals surface area contributed by atoms with Crippen molar-refractivity contribution in [1.82, 2.24) is 5.32 Å². The van der Waals surface area contributed by atoms with Crippen molar-refractivity contribution in [2.75, 3.05) is 12.4 Å². The fourth-order valence-corrected chi connectivity index (χ4v) is 2.88. The molecule has 130 valence electrons. The molecule has 0 atom stereocenters. The SMILES string of the molecule is COc1ccccc1CNC(=O)C1(C(=O)Nc2cccc(Cl)c2)CC1. The van der Waals surface area contributed by atoms with Gasteiger partial charge in [-0.2, -0.15) is 0 Å². The van der Waals surface area contributed by atoms with Gasteiger partial charge >= 0.3 is 0 Å². The molecule has 0 aliphatic heterocycles. The molecule has 6 heteroatoms. The summed E-state index contributed by atoms with van der Waals surface area (Å²) in [6.07, 6.45) is 1.08. The van der Waals surface area contributed by atoms with Crippen molar-refractivity contribution in [1.29, 1.82) is 0 Å². The number of nitrogens with one attached hydrogen (secondary N) is 2. The van der Waals surface area contributed by atoms with Crippen molar-refractivity contribution in [2.45, 2.75) is 19.4 Å². The number of ether oxygens (including phenoxy) is 1. The van der Waals surface area contributed by atoms with Gasteiger partial charge in [0, 0.05) is 22.8 Å². The molecule has 25 heavy (non-hydrogen) atoms. The van der Waals surface area contributed by atoms with E-state index >= 15 is 0 Å². The molecule has 2 amide bonds. The van der Waals surface area contributed by atoms with Crippen LogP contribution in [0.4, 0.5) is 5.69 Å². The van der Waals surface area contributed by atoms with Crippen LogP contribution in [0.5, 0.6) is 5.75 Å². The Kier molecular flexibility index (Phi) is 4.95. The van der Waals surface area contributed by atoms with Crippen molar-refractivity contribution >= 4 is 29.1 Å². The van der Waals surface area contributed by atoms with Gasteiger partial charge in [-0.3, -0.25) is 9.59 Å². The summed E-state index contributed by atoms with van der Waals surface area (Å²) in [7, 11) is 1.58. The van der Waals surface area contributed by atoms with Gasteiger partial charge in [-0.1, -0.05) is 35.9 Å². The lowest BCUT2D eigenvalue weighted by Gasteiger charge is -2.16. The van der Waals surface area contributed by atoms with E-state index in [2.05, 4.69) is 10.6 Å². The van der Waals surface area contributed by atoms with E-state index in [0.717, 1.165) is 5.56 Å². The van der Waals surface area contributed by atoms with Crippen LogP contribution < -0.4 is 15.4 Å². The summed E-state index contributed by atoms with van der Waals surface area (Å²) in [4.78, 5) is 25.1. The predicted molar refractivity (Wildman–Crippen MR) is 96.6 cm³/mol. The first-order valence-electron chi connectivity index (χ1n) is 8.02. The zero-order valence-electron chi connectivity index (χ0n) is 13.8. The van der Waals surface area contributed by atoms with E-state index in [9.17, 15) is 9.59 Å². The van der Waals surface area contributed by atoms with Gasteiger partial charge < -0.3 is 15.4 Å². The number of anilines is 1. The summed E-state index contributed by atoms with van der Waals surface area (Å²) in [6.45, 7) is 0.315. The minimum atomic E-state index is -0.996. The zero-order valence-corrected chi connectivity index (χ0v) is 14.6. The van der Waals surface area contributed by atoms with Gasteiger partial charge in [0.15, 0.2) is 0 Å². The number of amides is 2. The predicted octanol–water partition coefficient (Wildman–Crippen LogP) is 3.38. The number of halogens is 1. The molecule has 2 N–H and O–H groups in total. The lowest BCUT2D eigenvalue weighted by molar-refractivity contribution is -0.134. The third kappa shape index (κ3) is 3.77. The fourth-order valence-electron chi connectivity index (χ4n) is 2.69. The summed E-state index contributed by atoms with van der Waals surface area (Å²) in [5, 5.41) is 6.16. The first-order chi connectivity index (χ1) is 12.0. The van der Waals surface area contributed by atoms with E-state index in [1.165, 1.54) is 0 Å². The lowest BCUT2D eigenvalue weighted by Crippen LogP contribution is -2.39. The normalized spacial score (nSPS) is 14.5. The van der Waals surface area contributed by atoms with Crippen LogP contribution in [0, 0.1) is 5.41 Å². The highest BCUT2D eigenvalue weighted by molar-refractivity contribution is 6.31. The molecule has 0 bridgehead atoms. The standard InChI is InChI=1S/C19H19ClN2O3/c1-25-16-8-3-2-5-13(16)12-21-17(23)19(9-10-19)18(24)22-15-7-4-6-14(20)11-15/h2-8,11H,9-10,12H2,1H3,(H,21,23)(H,22,24). The van der Waals surface area contributed by atoms with E-state index in [-0.39, 0.29) is 11.8 Å². The molecule has 0 radical (unpaired) electrons. The first kappa shape index (κ1) is 17.3. The smallest absolute Gasteiger partial charge is 0.240 e. The highest BCUT2D eigenvalue weighted by Crippen LogP contribution is 2.47. The van der Waals surface area contributed by atoms with Gasteiger partial charge in [0.25, 0.3) is 0 Å². The van der Waals surface area contributed by atoms with Crippen LogP contribution >= 0.6 is 11.6 Å². The van der Waals surface area contributed by atoms with Gasteiger partial charge in [0.2, 0.25) is 11.8 Å². The average Bonchev–Trinajstić information content (AvgIpc) is 3.42.